The maximum Gasteiger partial charge on any atom is 0.319 e. The number of halogens is 2. The van der Waals surface area contributed by atoms with Crippen LogP contribution < -0.4 is 40.2 Å². The van der Waals surface area contributed by atoms with E-state index in [2.05, 4.69) is 155 Å². The van der Waals surface area contributed by atoms with Gasteiger partial charge in [-0.3, -0.25) is 0 Å². The van der Waals surface area contributed by atoms with Gasteiger partial charge in [-0.25, -0.2) is 9.59 Å². The Labute approximate surface area is 429 Å². The van der Waals surface area contributed by atoms with Crippen molar-refractivity contribution in [2.45, 2.75) is 92.2 Å². The summed E-state index contributed by atoms with van der Waals surface area (Å²) in [5, 5.41) is 12.2. The number of urea groups is 2. The molecule has 0 radical (unpaired) electrons. The molecule has 1 aliphatic carbocycles. The second kappa shape index (κ2) is 25.2. The van der Waals surface area contributed by atoms with Gasteiger partial charge in [0.05, 0.1) is 26.4 Å². The molecule has 356 valence electrons. The number of hydrogen-bond acceptors (Lipinski definition) is 6. The standard InChI is InChI=1S/C56H62I2N4O6/c1-5-23-65-51-39-11-9-12-40(51)32-44-28-38(36-60-56(64)62-50-21-17-48(58)18-22-50)30-46(54(44)68-26-8-4)34-42-14-10-13-41(52(42)66-24-6-2)33-45-29-37(27-43(31-39)53(45)67-25-7-3)35-59-55(63)61-49-19-15-47(57)16-20-49/h9-22,27-30H,5-8,23-26,31-36H2,1-4H3,(H2,59,61,63)(H2,60,62,64). The zero-order chi connectivity index (χ0) is 47.8. The minimum Gasteiger partial charge on any atom is -0.493 e. The Hall–Kier alpha value is -5.48. The first-order valence-electron chi connectivity index (χ1n) is 23.8. The Bertz CT molecular complexity index is 2380. The van der Waals surface area contributed by atoms with Crippen LogP contribution in [0, 0.1) is 7.14 Å². The number of benzene rings is 6. The van der Waals surface area contributed by atoms with Crippen molar-refractivity contribution < 1.29 is 28.5 Å². The van der Waals surface area contributed by atoms with Crippen molar-refractivity contribution in [3.63, 3.8) is 0 Å². The van der Waals surface area contributed by atoms with Gasteiger partial charge in [0.15, 0.2) is 0 Å². The molecule has 1 aliphatic rings. The lowest BCUT2D eigenvalue weighted by Crippen LogP contribution is -2.28. The highest BCUT2D eigenvalue weighted by molar-refractivity contribution is 14.1. The molecule has 68 heavy (non-hydrogen) atoms. The lowest BCUT2D eigenvalue weighted by atomic mass is 9.89. The number of hydrogen-bond donors (Lipinski definition) is 4. The molecule has 7 rings (SSSR count). The molecule has 8 bridgehead atoms. The molecule has 0 unspecified atom stereocenters. The van der Waals surface area contributed by atoms with E-state index in [1.54, 1.807) is 0 Å². The van der Waals surface area contributed by atoms with Crippen LogP contribution in [0.4, 0.5) is 21.0 Å². The van der Waals surface area contributed by atoms with Gasteiger partial charge < -0.3 is 40.2 Å². The number of rotatable bonds is 18. The first kappa shape index (κ1) is 50.4. The monoisotopic (exact) mass is 1140 g/mol. The van der Waals surface area contributed by atoms with Crippen molar-refractivity contribution in [1.29, 1.82) is 0 Å². The Morgan fingerprint density at radius 1 is 0.426 bits per heavy atom. The minimum atomic E-state index is -0.282. The normalized spacial score (nSPS) is 11.9. The van der Waals surface area contributed by atoms with Crippen LogP contribution in [0.3, 0.4) is 0 Å². The third-order valence-corrected chi connectivity index (χ3v) is 12.8. The number of para-hydroxylation sites is 2. The summed E-state index contributed by atoms with van der Waals surface area (Å²) in [5.41, 5.74) is 11.5. The molecule has 0 aliphatic heterocycles. The van der Waals surface area contributed by atoms with Crippen molar-refractivity contribution in [3.05, 3.63) is 172 Å². The summed E-state index contributed by atoms with van der Waals surface area (Å²) in [6, 6.07) is 36.4. The average molecular weight is 1140 g/mol. The molecule has 0 saturated heterocycles. The number of ether oxygens (including phenoxy) is 4. The van der Waals surface area contributed by atoms with E-state index in [0.717, 1.165) is 123 Å². The van der Waals surface area contributed by atoms with E-state index in [0.29, 0.717) is 65.2 Å². The van der Waals surface area contributed by atoms with Gasteiger partial charge in [-0.1, -0.05) is 64.1 Å². The molecule has 0 atom stereocenters. The van der Waals surface area contributed by atoms with E-state index in [1.807, 2.05) is 48.5 Å². The maximum atomic E-state index is 13.3. The van der Waals surface area contributed by atoms with Gasteiger partial charge in [-0.15, -0.1) is 0 Å². The molecule has 4 amide bonds. The predicted octanol–water partition coefficient (Wildman–Crippen LogP) is 13.4. The number of carbonyl (C=O) groups excluding carboxylic acids is 2. The van der Waals surface area contributed by atoms with Crippen molar-refractivity contribution in [3.8, 4) is 23.0 Å². The molecule has 0 aromatic heterocycles. The number of nitrogens with one attached hydrogen (secondary N) is 4. The fourth-order valence-corrected chi connectivity index (χ4v) is 9.10. The molecule has 0 saturated carbocycles. The number of amides is 4. The van der Waals surface area contributed by atoms with Crippen molar-refractivity contribution >= 4 is 68.6 Å². The smallest absolute Gasteiger partial charge is 0.319 e. The van der Waals surface area contributed by atoms with Crippen molar-refractivity contribution in [2.24, 2.45) is 0 Å². The highest BCUT2D eigenvalue weighted by atomic mass is 127. The fourth-order valence-electron chi connectivity index (χ4n) is 8.38. The first-order valence-corrected chi connectivity index (χ1v) is 25.9. The summed E-state index contributed by atoms with van der Waals surface area (Å²) in [5.74, 6) is 3.37. The highest BCUT2D eigenvalue weighted by Crippen LogP contribution is 2.40. The summed E-state index contributed by atoms with van der Waals surface area (Å²) in [4.78, 5) is 26.6. The lowest BCUT2D eigenvalue weighted by Gasteiger charge is -2.24. The summed E-state index contributed by atoms with van der Waals surface area (Å²) >= 11 is 4.51. The molecule has 10 nitrogen and oxygen atoms in total. The topological polar surface area (TPSA) is 119 Å². The van der Waals surface area contributed by atoms with E-state index in [4.69, 9.17) is 18.9 Å². The van der Waals surface area contributed by atoms with Gasteiger partial charge in [0.2, 0.25) is 0 Å². The van der Waals surface area contributed by atoms with Crippen LogP contribution >= 0.6 is 45.2 Å². The highest BCUT2D eigenvalue weighted by Gasteiger charge is 2.24. The van der Waals surface area contributed by atoms with Crippen LogP contribution in [0.25, 0.3) is 0 Å². The molecule has 6 aromatic rings. The predicted molar refractivity (Wildman–Crippen MR) is 290 cm³/mol. The molecule has 12 heteroatoms. The molecular formula is C56H62I2N4O6. The summed E-state index contributed by atoms with van der Waals surface area (Å²) in [6.45, 7) is 11.3. The molecular weight excluding hydrogens is 1080 g/mol. The largest absolute Gasteiger partial charge is 0.493 e. The van der Waals surface area contributed by atoms with E-state index in [1.165, 1.54) is 0 Å². The molecule has 6 aromatic carbocycles. The number of anilines is 2. The van der Waals surface area contributed by atoms with E-state index in [9.17, 15) is 9.59 Å². The molecule has 0 heterocycles. The van der Waals surface area contributed by atoms with Gasteiger partial charge in [0.1, 0.15) is 23.0 Å². The summed E-state index contributed by atoms with van der Waals surface area (Å²) in [7, 11) is 0. The quantitative estimate of drug-likeness (QED) is 0.0636. The fraction of sp³-hybridized carbons (Fsp3) is 0.321. The van der Waals surface area contributed by atoms with Crippen LogP contribution in [0.15, 0.2) is 109 Å². The summed E-state index contributed by atoms with van der Waals surface area (Å²) < 4.78 is 29.2. The average Bonchev–Trinajstić information content (AvgIpc) is 3.33. The summed E-state index contributed by atoms with van der Waals surface area (Å²) in [6.07, 6.45) is 5.50. The van der Waals surface area contributed by atoms with Crippen LogP contribution in [0.5, 0.6) is 23.0 Å². The van der Waals surface area contributed by atoms with Crippen molar-refractivity contribution in [2.75, 3.05) is 37.1 Å². The third-order valence-electron chi connectivity index (χ3n) is 11.4. The zero-order valence-corrected chi connectivity index (χ0v) is 43.8. The van der Waals surface area contributed by atoms with E-state index < -0.39 is 0 Å². The first-order chi connectivity index (χ1) is 33.1. The van der Waals surface area contributed by atoms with Gasteiger partial charge >= 0.3 is 12.1 Å². The Kier molecular flexibility index (Phi) is 18.7. The Morgan fingerprint density at radius 3 is 0.985 bits per heavy atom. The molecule has 0 fully saturated rings. The lowest BCUT2D eigenvalue weighted by molar-refractivity contribution is 0.251. The van der Waals surface area contributed by atoms with Gasteiger partial charge in [-0.2, -0.15) is 0 Å². The minimum absolute atomic E-state index is 0.282. The van der Waals surface area contributed by atoms with Crippen LogP contribution in [0.2, 0.25) is 0 Å². The number of carbonyl (C=O) groups is 2. The van der Waals surface area contributed by atoms with Gasteiger partial charge in [-0.05, 0) is 199 Å². The SMILES string of the molecule is CCCOc1c2cccc1Cc1cc(CNC(=O)Nc3ccc(I)cc3)cc(c1OCCC)Cc1cccc(c1OCCC)Cc1cc(CNC(=O)Nc3ccc(I)cc3)cc(c1OCCC)C2. The van der Waals surface area contributed by atoms with Crippen LogP contribution in [-0.2, 0) is 38.8 Å². The van der Waals surface area contributed by atoms with Crippen molar-refractivity contribution in [1.82, 2.24) is 10.6 Å². The van der Waals surface area contributed by atoms with Crippen LogP contribution in [0.1, 0.15) is 109 Å². The Morgan fingerprint density at radius 2 is 0.706 bits per heavy atom. The third kappa shape index (κ3) is 13.8. The maximum absolute atomic E-state index is 13.3. The van der Waals surface area contributed by atoms with E-state index >= 15 is 0 Å². The second-order valence-electron chi connectivity index (χ2n) is 17.0. The second-order valence-corrected chi connectivity index (χ2v) is 19.5. The van der Waals surface area contributed by atoms with E-state index in [-0.39, 0.29) is 12.1 Å². The van der Waals surface area contributed by atoms with Gasteiger partial charge in [0.25, 0.3) is 0 Å². The molecule has 0 spiro atoms. The zero-order valence-electron chi connectivity index (χ0n) is 39.5. The number of fused-ring (bicyclic) bond motifs is 8. The Balaban J connectivity index is 1.36. The van der Waals surface area contributed by atoms with Crippen LogP contribution in [-0.4, -0.2) is 38.5 Å². The molecule has 4 N–H and O–H groups in total. The van der Waals surface area contributed by atoms with Gasteiger partial charge in [0, 0.05) is 57.3 Å².